The van der Waals surface area contributed by atoms with Crippen LogP contribution >= 0.6 is 0 Å². The van der Waals surface area contributed by atoms with E-state index < -0.39 is 0 Å². The summed E-state index contributed by atoms with van der Waals surface area (Å²) < 4.78 is 0. The summed E-state index contributed by atoms with van der Waals surface area (Å²) in [5.41, 5.74) is 0.975. The highest BCUT2D eigenvalue weighted by Crippen LogP contribution is 2.58. The van der Waals surface area contributed by atoms with Crippen LogP contribution in [-0.2, 0) is 0 Å². The number of rotatable bonds is 3. The van der Waals surface area contributed by atoms with Crippen molar-refractivity contribution in [3.8, 4) is 0 Å². The molecule has 2 bridgehead atoms. The predicted molar refractivity (Wildman–Crippen MR) is 65.9 cm³/mol. The van der Waals surface area contributed by atoms with E-state index in [2.05, 4.69) is 44.7 Å². The Morgan fingerprint density at radius 1 is 1.27 bits per heavy atom. The van der Waals surface area contributed by atoms with Crippen LogP contribution in [0.5, 0.6) is 0 Å². The molecule has 2 rings (SSSR count). The fourth-order valence-corrected chi connectivity index (χ4v) is 3.58. The Labute approximate surface area is 94.5 Å². The van der Waals surface area contributed by atoms with Gasteiger partial charge in [0.05, 0.1) is 0 Å². The molecule has 0 spiro atoms. The predicted octanol–water partition coefficient (Wildman–Crippen LogP) is 3.46. The van der Waals surface area contributed by atoms with Crippen LogP contribution in [0.15, 0.2) is 12.2 Å². The summed E-state index contributed by atoms with van der Waals surface area (Å²) in [6.07, 6.45) is 8.64. The zero-order valence-electron chi connectivity index (χ0n) is 10.7. The smallest absolute Gasteiger partial charge is 0.0239 e. The van der Waals surface area contributed by atoms with Crippen LogP contribution in [-0.4, -0.2) is 23.5 Å². The lowest BCUT2D eigenvalue weighted by Gasteiger charge is -2.41. The Morgan fingerprint density at radius 2 is 2.00 bits per heavy atom. The van der Waals surface area contributed by atoms with Crippen LogP contribution in [0.25, 0.3) is 0 Å². The molecule has 1 heteroatoms. The Balaban J connectivity index is 2.09. The van der Waals surface area contributed by atoms with Gasteiger partial charge < -0.3 is 0 Å². The molecule has 2 unspecified atom stereocenters. The van der Waals surface area contributed by atoms with Gasteiger partial charge in [0.1, 0.15) is 0 Å². The number of likely N-dealkylation sites (tertiary alicyclic amines) is 1. The number of piperidine rings is 1. The molecule has 2 atom stereocenters. The number of fused-ring (bicyclic) bond motifs is 2. The van der Waals surface area contributed by atoms with E-state index in [1.165, 1.54) is 19.4 Å². The van der Waals surface area contributed by atoms with Gasteiger partial charge in [-0.1, -0.05) is 32.9 Å². The maximum atomic E-state index is 2.70. The van der Waals surface area contributed by atoms with Crippen molar-refractivity contribution in [3.63, 3.8) is 0 Å². The second kappa shape index (κ2) is 3.62. The molecule has 0 amide bonds. The molecule has 1 nitrogen and oxygen atoms in total. The minimum absolute atomic E-state index is 0.454. The molecule has 0 N–H and O–H groups in total. The third-order valence-corrected chi connectivity index (χ3v) is 5.26. The lowest BCUT2D eigenvalue weighted by molar-refractivity contribution is 0.0933. The summed E-state index contributed by atoms with van der Waals surface area (Å²) in [6, 6.07) is 0. The van der Waals surface area contributed by atoms with Crippen molar-refractivity contribution >= 4 is 0 Å². The highest BCUT2D eigenvalue weighted by Gasteiger charge is 2.59. The minimum atomic E-state index is 0.454. The molecule has 0 aromatic rings. The van der Waals surface area contributed by atoms with Gasteiger partial charge in [0.15, 0.2) is 0 Å². The van der Waals surface area contributed by atoms with E-state index >= 15 is 0 Å². The van der Waals surface area contributed by atoms with Crippen LogP contribution in [0, 0.1) is 11.3 Å². The Bertz CT molecular complexity index is 267. The van der Waals surface area contributed by atoms with Gasteiger partial charge in [0.2, 0.25) is 0 Å². The van der Waals surface area contributed by atoms with Gasteiger partial charge in [-0.25, -0.2) is 0 Å². The average molecular weight is 207 g/mol. The van der Waals surface area contributed by atoms with Crippen LogP contribution < -0.4 is 0 Å². The number of nitrogens with zero attached hydrogens (tertiary/aromatic N) is 1. The van der Waals surface area contributed by atoms with Crippen molar-refractivity contribution in [2.45, 2.75) is 52.5 Å². The first kappa shape index (κ1) is 11.2. The molecule has 0 aromatic heterocycles. The van der Waals surface area contributed by atoms with E-state index in [4.69, 9.17) is 0 Å². The van der Waals surface area contributed by atoms with Gasteiger partial charge in [-0.15, -0.1) is 0 Å². The van der Waals surface area contributed by atoms with Gasteiger partial charge in [-0.2, -0.15) is 0 Å². The largest absolute Gasteiger partial charge is 0.293 e. The van der Waals surface area contributed by atoms with Gasteiger partial charge >= 0.3 is 0 Å². The second-order valence-electron chi connectivity index (χ2n) is 6.02. The first-order valence-corrected chi connectivity index (χ1v) is 6.42. The zero-order chi connectivity index (χ0) is 11.1. The number of hydrogen-bond acceptors (Lipinski definition) is 1. The van der Waals surface area contributed by atoms with Gasteiger partial charge in [0.25, 0.3) is 0 Å². The van der Waals surface area contributed by atoms with Crippen LogP contribution in [0.2, 0.25) is 0 Å². The average Bonchev–Trinajstić information content (AvgIpc) is 2.51. The van der Waals surface area contributed by atoms with Gasteiger partial charge in [-0.05, 0) is 37.5 Å². The molecule has 1 saturated heterocycles. The maximum absolute atomic E-state index is 2.70. The van der Waals surface area contributed by atoms with E-state index in [0.717, 1.165) is 18.9 Å². The van der Waals surface area contributed by atoms with E-state index in [-0.39, 0.29) is 0 Å². The number of allylic oxidation sites excluding steroid dienone is 1. The van der Waals surface area contributed by atoms with Gasteiger partial charge in [-0.3, -0.25) is 4.90 Å². The third kappa shape index (κ3) is 1.47. The van der Waals surface area contributed by atoms with Crippen LogP contribution in [0.1, 0.15) is 47.0 Å². The molecule has 2 fully saturated rings. The highest BCUT2D eigenvalue weighted by molar-refractivity contribution is 5.14. The minimum Gasteiger partial charge on any atom is -0.293 e. The normalized spacial score (nSPS) is 39.3. The number of hydrogen-bond donors (Lipinski definition) is 0. The standard InChI is InChI=1S/C14H25N/c1-5-6-7-10-15-11-12-8-9-14(15,4)13(12,2)3/h6-7,12H,5,8-11H2,1-4H3/b7-6-. The molecule has 15 heavy (non-hydrogen) atoms. The highest BCUT2D eigenvalue weighted by atomic mass is 15.3. The summed E-state index contributed by atoms with van der Waals surface area (Å²) in [5, 5.41) is 0. The first-order chi connectivity index (χ1) is 7.02. The van der Waals surface area contributed by atoms with Crippen LogP contribution in [0.3, 0.4) is 0 Å². The molecular weight excluding hydrogens is 182 g/mol. The SMILES string of the molecule is CC/C=C\CN1CC2CCC1(C)C2(C)C. The molecule has 1 aliphatic heterocycles. The maximum Gasteiger partial charge on any atom is 0.0239 e. The van der Waals surface area contributed by atoms with E-state index in [0.29, 0.717) is 11.0 Å². The first-order valence-electron chi connectivity index (χ1n) is 6.42. The summed E-state index contributed by atoms with van der Waals surface area (Å²) >= 11 is 0. The van der Waals surface area contributed by atoms with Crippen molar-refractivity contribution < 1.29 is 0 Å². The van der Waals surface area contributed by atoms with Crippen molar-refractivity contribution in [2.24, 2.45) is 11.3 Å². The molecule has 0 radical (unpaired) electrons. The fraction of sp³-hybridized carbons (Fsp3) is 0.857. The van der Waals surface area contributed by atoms with Gasteiger partial charge in [0, 0.05) is 18.6 Å². The zero-order valence-corrected chi connectivity index (χ0v) is 10.7. The molecule has 86 valence electrons. The van der Waals surface area contributed by atoms with Crippen molar-refractivity contribution in [1.29, 1.82) is 0 Å². The van der Waals surface area contributed by atoms with Crippen molar-refractivity contribution in [1.82, 2.24) is 4.90 Å². The Morgan fingerprint density at radius 3 is 2.47 bits per heavy atom. The summed E-state index contributed by atoms with van der Waals surface area (Å²) in [7, 11) is 0. The van der Waals surface area contributed by atoms with Crippen molar-refractivity contribution in [2.75, 3.05) is 13.1 Å². The molecule has 2 aliphatic rings. The van der Waals surface area contributed by atoms with E-state index in [9.17, 15) is 0 Å². The molecule has 1 aliphatic carbocycles. The summed E-state index contributed by atoms with van der Waals surface area (Å²) in [6.45, 7) is 12.1. The Kier molecular flexibility index (Phi) is 2.70. The summed E-state index contributed by atoms with van der Waals surface area (Å²) in [5.74, 6) is 0.928. The lowest BCUT2D eigenvalue weighted by atomic mass is 9.75. The van der Waals surface area contributed by atoms with E-state index in [1.807, 2.05) is 0 Å². The van der Waals surface area contributed by atoms with Crippen molar-refractivity contribution in [3.05, 3.63) is 12.2 Å². The summed E-state index contributed by atoms with van der Waals surface area (Å²) in [4.78, 5) is 2.70. The molecule has 1 heterocycles. The topological polar surface area (TPSA) is 3.24 Å². The monoisotopic (exact) mass is 207 g/mol. The third-order valence-electron chi connectivity index (χ3n) is 5.26. The van der Waals surface area contributed by atoms with E-state index in [1.54, 1.807) is 0 Å². The lowest BCUT2D eigenvalue weighted by Crippen LogP contribution is -2.47. The quantitative estimate of drug-likeness (QED) is 0.641. The fourth-order valence-electron chi connectivity index (χ4n) is 3.58. The second-order valence-corrected chi connectivity index (χ2v) is 6.02. The Hall–Kier alpha value is -0.300. The molecular formula is C14H25N. The van der Waals surface area contributed by atoms with Crippen LogP contribution in [0.4, 0.5) is 0 Å². The molecule has 0 aromatic carbocycles. The molecule has 1 saturated carbocycles.